The molecule has 0 saturated carbocycles. The molecule has 1 fully saturated rings. The second-order valence-electron chi connectivity index (χ2n) is 5.87. The van der Waals surface area contributed by atoms with Crippen LogP contribution in [0.1, 0.15) is 22.1 Å². The van der Waals surface area contributed by atoms with Crippen LogP contribution >= 0.6 is 0 Å². The van der Waals surface area contributed by atoms with Crippen LogP contribution in [0.3, 0.4) is 0 Å². The first-order valence-corrected chi connectivity index (χ1v) is 8.13. The number of hydrogen-bond donors (Lipinski definition) is 0. The van der Waals surface area contributed by atoms with Crippen molar-refractivity contribution in [3.05, 3.63) is 35.5 Å². The summed E-state index contributed by atoms with van der Waals surface area (Å²) in [5, 5.41) is 3.80. The molecule has 0 radical (unpaired) electrons. The van der Waals surface area contributed by atoms with E-state index in [1.807, 2.05) is 4.90 Å². The van der Waals surface area contributed by atoms with Gasteiger partial charge in [0.25, 0.3) is 5.91 Å². The third kappa shape index (κ3) is 3.90. The number of nitrogens with zero attached hydrogens (tertiary/aromatic N) is 4. The van der Waals surface area contributed by atoms with Crippen molar-refractivity contribution in [2.24, 2.45) is 0 Å². The van der Waals surface area contributed by atoms with E-state index in [9.17, 15) is 4.79 Å². The zero-order chi connectivity index (χ0) is 17.8. The van der Waals surface area contributed by atoms with Gasteiger partial charge in [0.05, 0.1) is 20.8 Å². The van der Waals surface area contributed by atoms with Gasteiger partial charge in [-0.15, -0.1) is 0 Å². The van der Waals surface area contributed by atoms with Crippen LogP contribution in [0, 0.1) is 6.92 Å². The summed E-state index contributed by atoms with van der Waals surface area (Å²) in [6, 6.07) is 5.23. The van der Waals surface area contributed by atoms with Crippen LogP contribution in [0.4, 0.5) is 0 Å². The second-order valence-corrected chi connectivity index (χ2v) is 5.87. The molecule has 8 heteroatoms. The van der Waals surface area contributed by atoms with Gasteiger partial charge in [0, 0.05) is 31.7 Å². The SMILES string of the molecule is COc1ccc(C(=O)N2CCN(Cc3nc(C)no3)CC2)cc1OC. The molecule has 2 aromatic rings. The predicted octanol–water partition coefficient (Wildman–Crippen LogP) is 1.35. The lowest BCUT2D eigenvalue weighted by Gasteiger charge is -2.34. The van der Waals surface area contributed by atoms with Crippen molar-refractivity contribution in [1.82, 2.24) is 19.9 Å². The van der Waals surface area contributed by atoms with Crippen molar-refractivity contribution in [2.45, 2.75) is 13.5 Å². The Morgan fingerprint density at radius 3 is 2.48 bits per heavy atom. The molecule has 8 nitrogen and oxygen atoms in total. The maximum absolute atomic E-state index is 12.7. The number of aryl methyl sites for hydroxylation is 1. The van der Waals surface area contributed by atoms with E-state index >= 15 is 0 Å². The molecule has 1 aromatic carbocycles. The van der Waals surface area contributed by atoms with Crippen LogP contribution in [-0.4, -0.2) is 66.2 Å². The Morgan fingerprint density at radius 1 is 1.16 bits per heavy atom. The lowest BCUT2D eigenvalue weighted by atomic mass is 10.1. The molecule has 0 aliphatic carbocycles. The van der Waals surface area contributed by atoms with Crippen molar-refractivity contribution in [2.75, 3.05) is 40.4 Å². The van der Waals surface area contributed by atoms with Crippen LogP contribution in [-0.2, 0) is 6.54 Å². The molecule has 1 saturated heterocycles. The highest BCUT2D eigenvalue weighted by molar-refractivity contribution is 5.95. The third-order valence-electron chi connectivity index (χ3n) is 4.22. The topological polar surface area (TPSA) is 80.9 Å². The molecule has 1 amide bonds. The second kappa shape index (κ2) is 7.52. The van der Waals surface area contributed by atoms with Crippen molar-refractivity contribution in [3.8, 4) is 11.5 Å². The molecule has 0 spiro atoms. The molecule has 0 N–H and O–H groups in total. The smallest absolute Gasteiger partial charge is 0.254 e. The monoisotopic (exact) mass is 346 g/mol. The highest BCUT2D eigenvalue weighted by Crippen LogP contribution is 2.28. The van der Waals surface area contributed by atoms with E-state index in [1.54, 1.807) is 39.3 Å². The fraction of sp³-hybridized carbons (Fsp3) is 0.471. The minimum absolute atomic E-state index is 0.00534. The van der Waals surface area contributed by atoms with Crippen molar-refractivity contribution in [3.63, 3.8) is 0 Å². The average Bonchev–Trinajstić information content (AvgIpc) is 3.06. The van der Waals surface area contributed by atoms with Crippen LogP contribution in [0.25, 0.3) is 0 Å². The van der Waals surface area contributed by atoms with Gasteiger partial charge in [-0.3, -0.25) is 9.69 Å². The molecule has 134 valence electrons. The Morgan fingerprint density at radius 2 is 1.88 bits per heavy atom. The normalized spacial score (nSPS) is 15.2. The number of benzene rings is 1. The summed E-state index contributed by atoms with van der Waals surface area (Å²) in [7, 11) is 3.13. The Kier molecular flexibility index (Phi) is 5.18. The molecule has 1 aliphatic heterocycles. The molecule has 1 aliphatic rings. The molecule has 1 aromatic heterocycles. The summed E-state index contributed by atoms with van der Waals surface area (Å²) >= 11 is 0. The minimum atomic E-state index is -0.00534. The van der Waals surface area contributed by atoms with Crippen LogP contribution in [0.5, 0.6) is 11.5 Å². The first kappa shape index (κ1) is 17.2. The Balaban J connectivity index is 1.59. The molecular weight excluding hydrogens is 324 g/mol. The third-order valence-corrected chi connectivity index (χ3v) is 4.22. The van der Waals surface area contributed by atoms with Crippen molar-refractivity contribution >= 4 is 5.91 Å². The zero-order valence-corrected chi connectivity index (χ0v) is 14.7. The highest BCUT2D eigenvalue weighted by Gasteiger charge is 2.24. The maximum Gasteiger partial charge on any atom is 0.254 e. The van der Waals surface area contributed by atoms with Gasteiger partial charge in [-0.2, -0.15) is 4.98 Å². The van der Waals surface area contributed by atoms with E-state index in [2.05, 4.69) is 15.0 Å². The average molecular weight is 346 g/mol. The van der Waals surface area contributed by atoms with Gasteiger partial charge >= 0.3 is 0 Å². The summed E-state index contributed by atoms with van der Waals surface area (Å²) in [4.78, 5) is 21.0. The molecule has 2 heterocycles. The summed E-state index contributed by atoms with van der Waals surface area (Å²) in [6.45, 7) is 5.24. The van der Waals surface area contributed by atoms with Crippen molar-refractivity contribution < 1.29 is 18.8 Å². The number of aromatic nitrogens is 2. The van der Waals surface area contributed by atoms with Crippen molar-refractivity contribution in [1.29, 1.82) is 0 Å². The quantitative estimate of drug-likeness (QED) is 0.808. The van der Waals surface area contributed by atoms with E-state index in [1.165, 1.54) is 0 Å². The summed E-state index contributed by atoms with van der Waals surface area (Å²) < 4.78 is 15.6. The number of methoxy groups -OCH3 is 2. The maximum atomic E-state index is 12.7. The number of amides is 1. The van der Waals surface area contributed by atoms with E-state index in [-0.39, 0.29) is 5.91 Å². The first-order chi connectivity index (χ1) is 12.1. The zero-order valence-electron chi connectivity index (χ0n) is 14.7. The van der Waals surface area contributed by atoms with Gasteiger partial charge in [-0.25, -0.2) is 0 Å². The fourth-order valence-corrected chi connectivity index (χ4v) is 2.86. The van der Waals surface area contributed by atoms with Crippen LogP contribution in [0.2, 0.25) is 0 Å². The number of ether oxygens (including phenoxy) is 2. The fourth-order valence-electron chi connectivity index (χ4n) is 2.86. The standard InChI is InChI=1S/C17H22N4O4/c1-12-18-16(25-19-12)11-20-6-8-21(9-7-20)17(22)13-4-5-14(23-2)15(10-13)24-3/h4-5,10H,6-9,11H2,1-3H3. The number of hydrogen-bond acceptors (Lipinski definition) is 7. The molecule has 0 unspecified atom stereocenters. The Labute approximate surface area is 146 Å². The van der Waals surface area contributed by atoms with Gasteiger partial charge in [0.1, 0.15) is 0 Å². The highest BCUT2D eigenvalue weighted by atomic mass is 16.5. The van der Waals surface area contributed by atoms with Gasteiger partial charge < -0.3 is 18.9 Å². The Bertz CT molecular complexity index is 738. The lowest BCUT2D eigenvalue weighted by molar-refractivity contribution is 0.0614. The van der Waals surface area contributed by atoms with Gasteiger partial charge in [-0.05, 0) is 25.1 Å². The molecular formula is C17H22N4O4. The number of carbonyl (C=O) groups is 1. The Hall–Kier alpha value is -2.61. The number of rotatable bonds is 5. The number of piperazine rings is 1. The van der Waals surface area contributed by atoms with E-state index < -0.39 is 0 Å². The van der Waals surface area contributed by atoms with Crippen LogP contribution < -0.4 is 9.47 Å². The van der Waals surface area contributed by atoms with Crippen LogP contribution in [0.15, 0.2) is 22.7 Å². The van der Waals surface area contributed by atoms with E-state index in [0.717, 1.165) is 13.1 Å². The molecule has 0 bridgehead atoms. The molecule has 0 atom stereocenters. The van der Waals surface area contributed by atoms with Gasteiger partial charge in [0.2, 0.25) is 5.89 Å². The van der Waals surface area contributed by atoms with E-state index in [0.29, 0.717) is 48.4 Å². The number of carbonyl (C=O) groups excluding carboxylic acids is 1. The van der Waals surface area contributed by atoms with E-state index in [4.69, 9.17) is 14.0 Å². The minimum Gasteiger partial charge on any atom is -0.493 e. The summed E-state index contributed by atoms with van der Waals surface area (Å²) in [5.41, 5.74) is 0.596. The molecule has 3 rings (SSSR count). The summed E-state index contributed by atoms with van der Waals surface area (Å²) in [5.74, 6) is 2.40. The largest absolute Gasteiger partial charge is 0.493 e. The molecule has 25 heavy (non-hydrogen) atoms. The summed E-state index contributed by atoms with van der Waals surface area (Å²) in [6.07, 6.45) is 0. The van der Waals surface area contributed by atoms with Gasteiger partial charge in [0.15, 0.2) is 17.3 Å². The van der Waals surface area contributed by atoms with Gasteiger partial charge in [-0.1, -0.05) is 5.16 Å². The first-order valence-electron chi connectivity index (χ1n) is 8.13. The predicted molar refractivity (Wildman–Crippen MR) is 89.8 cm³/mol. The lowest BCUT2D eigenvalue weighted by Crippen LogP contribution is -2.48.